The minimum absolute atomic E-state index is 0.233. The number of hydrogen-bond acceptors (Lipinski definition) is 3. The third-order valence-corrected chi connectivity index (χ3v) is 5.27. The van der Waals surface area contributed by atoms with Crippen LogP contribution in [0.15, 0.2) is 46.2 Å². The molecule has 4 rings (SSSR count). The predicted octanol–water partition coefficient (Wildman–Crippen LogP) is 3.88. The Morgan fingerprint density at radius 3 is 2.66 bits per heavy atom. The lowest BCUT2D eigenvalue weighted by atomic mass is 10.0. The van der Waals surface area contributed by atoms with Crippen LogP contribution in [-0.4, -0.2) is 14.5 Å². The van der Waals surface area contributed by atoms with Gasteiger partial charge in [-0.3, -0.25) is 14.8 Å². The van der Waals surface area contributed by atoms with Gasteiger partial charge in [-0.05, 0) is 56.0 Å². The minimum Gasteiger partial charge on any atom is -0.305 e. The number of benzene rings is 1. The second kappa shape index (κ2) is 7.73. The van der Waals surface area contributed by atoms with Crippen LogP contribution in [-0.2, 0) is 12.8 Å². The number of H-pyrrole nitrogens is 1. The number of halogens is 2. The van der Waals surface area contributed by atoms with E-state index in [1.54, 1.807) is 16.7 Å². The summed E-state index contributed by atoms with van der Waals surface area (Å²) in [4.78, 5) is 23.9. The zero-order valence-corrected chi connectivity index (χ0v) is 16.4. The molecule has 5 nitrogen and oxygen atoms in total. The number of nitrogens with one attached hydrogen (secondary N) is 1. The molecule has 0 bridgehead atoms. The van der Waals surface area contributed by atoms with E-state index in [9.17, 15) is 13.6 Å². The van der Waals surface area contributed by atoms with Crippen molar-refractivity contribution in [2.75, 3.05) is 0 Å². The average molecular weight is 396 g/mol. The molecule has 1 aliphatic heterocycles. The van der Waals surface area contributed by atoms with E-state index in [4.69, 9.17) is 0 Å². The van der Waals surface area contributed by atoms with Crippen LogP contribution < -0.4 is 11.2 Å². The fraction of sp³-hybridized carbons (Fsp3) is 0.318. The number of fused-ring (bicyclic) bond motifs is 1. The van der Waals surface area contributed by atoms with E-state index < -0.39 is 11.4 Å². The number of aryl methyl sites for hydroxylation is 2. The summed E-state index contributed by atoms with van der Waals surface area (Å²) in [6.07, 6.45) is 2.89. The highest BCUT2D eigenvalue weighted by atomic mass is 19.1. The van der Waals surface area contributed by atoms with Crippen LogP contribution in [0.5, 0.6) is 0 Å². The SMILES string of the molecule is CCCc1ccc(/N=c2\[nH]c(=O)c(F)c3n2C(c2ccc(F)cc2)CC3)c(C)n1. The van der Waals surface area contributed by atoms with Crippen LogP contribution in [0.3, 0.4) is 0 Å². The molecule has 0 amide bonds. The summed E-state index contributed by atoms with van der Waals surface area (Å²) in [5, 5.41) is 0. The molecular weight excluding hydrogens is 374 g/mol. The molecule has 0 radical (unpaired) electrons. The molecule has 1 aliphatic rings. The number of hydrogen-bond donors (Lipinski definition) is 1. The normalized spacial score (nSPS) is 16.3. The van der Waals surface area contributed by atoms with Gasteiger partial charge >= 0.3 is 0 Å². The first-order chi connectivity index (χ1) is 14.0. The smallest absolute Gasteiger partial charge is 0.288 e. The Labute approximate surface area is 166 Å². The minimum atomic E-state index is -0.790. The molecule has 1 N–H and O–H groups in total. The average Bonchev–Trinajstić information content (AvgIpc) is 3.14. The number of nitrogens with zero attached hydrogens (tertiary/aromatic N) is 3. The number of aromatic nitrogens is 3. The Kier molecular flexibility index (Phi) is 5.13. The number of aromatic amines is 1. The summed E-state index contributed by atoms with van der Waals surface area (Å²) in [5.74, 6) is -1.12. The standard InChI is InChI=1S/C22H22F2N4O/c1-3-4-16-9-10-17(13(2)25-16)26-22-27-21(29)20(24)19-12-11-18(28(19)22)14-5-7-15(23)8-6-14/h5-10,18H,3-4,11-12H2,1-2H3,(H,26,27,29). The highest BCUT2D eigenvalue weighted by Gasteiger charge is 2.28. The molecule has 1 atom stereocenters. The Hall–Kier alpha value is -3.09. The number of rotatable bonds is 4. The van der Waals surface area contributed by atoms with E-state index >= 15 is 0 Å². The van der Waals surface area contributed by atoms with Gasteiger partial charge < -0.3 is 4.57 Å². The van der Waals surface area contributed by atoms with E-state index in [0.717, 1.165) is 29.8 Å². The summed E-state index contributed by atoms with van der Waals surface area (Å²) in [5.41, 5.74) is 2.98. The molecule has 0 spiro atoms. The summed E-state index contributed by atoms with van der Waals surface area (Å²) in [7, 11) is 0. The summed E-state index contributed by atoms with van der Waals surface area (Å²) < 4.78 is 29.6. The van der Waals surface area contributed by atoms with E-state index in [1.165, 1.54) is 12.1 Å². The fourth-order valence-electron chi connectivity index (χ4n) is 3.87. The van der Waals surface area contributed by atoms with Gasteiger partial charge in [-0.25, -0.2) is 9.38 Å². The maximum atomic E-state index is 14.5. The second-order valence-electron chi connectivity index (χ2n) is 7.28. The van der Waals surface area contributed by atoms with Gasteiger partial charge in [-0.15, -0.1) is 0 Å². The zero-order chi connectivity index (χ0) is 20.5. The topological polar surface area (TPSA) is 63.0 Å². The first-order valence-corrected chi connectivity index (χ1v) is 9.78. The first kappa shape index (κ1) is 19.2. The Balaban J connectivity index is 1.88. The molecular formula is C22H22F2N4O. The largest absolute Gasteiger partial charge is 0.305 e. The Morgan fingerprint density at radius 1 is 1.21 bits per heavy atom. The quantitative estimate of drug-likeness (QED) is 0.728. The Morgan fingerprint density at radius 2 is 1.97 bits per heavy atom. The first-order valence-electron chi connectivity index (χ1n) is 9.78. The van der Waals surface area contributed by atoms with Crippen LogP contribution in [0.1, 0.15) is 48.5 Å². The van der Waals surface area contributed by atoms with Crippen molar-refractivity contribution in [3.8, 4) is 0 Å². The van der Waals surface area contributed by atoms with Gasteiger partial charge in [-0.1, -0.05) is 25.5 Å². The monoisotopic (exact) mass is 396 g/mol. The molecule has 7 heteroatoms. The lowest BCUT2D eigenvalue weighted by Crippen LogP contribution is -2.35. The van der Waals surface area contributed by atoms with Crippen molar-refractivity contribution in [1.29, 1.82) is 0 Å². The van der Waals surface area contributed by atoms with Gasteiger partial charge in [0.25, 0.3) is 5.56 Å². The van der Waals surface area contributed by atoms with E-state index in [0.29, 0.717) is 24.2 Å². The highest BCUT2D eigenvalue weighted by Crippen LogP contribution is 2.30. The van der Waals surface area contributed by atoms with E-state index in [2.05, 4.69) is 21.9 Å². The molecule has 0 fully saturated rings. The van der Waals surface area contributed by atoms with Gasteiger partial charge in [0.15, 0.2) is 0 Å². The lowest BCUT2D eigenvalue weighted by Gasteiger charge is -2.16. The Bertz CT molecular complexity index is 1180. The summed E-state index contributed by atoms with van der Waals surface area (Å²) >= 11 is 0. The molecule has 150 valence electrons. The van der Waals surface area contributed by atoms with Gasteiger partial charge in [0, 0.05) is 5.69 Å². The van der Waals surface area contributed by atoms with Crippen molar-refractivity contribution in [2.45, 2.75) is 45.6 Å². The predicted molar refractivity (Wildman–Crippen MR) is 106 cm³/mol. The highest BCUT2D eigenvalue weighted by molar-refractivity contribution is 5.41. The summed E-state index contributed by atoms with van der Waals surface area (Å²) in [6, 6.07) is 9.68. The van der Waals surface area contributed by atoms with Crippen molar-refractivity contribution in [3.63, 3.8) is 0 Å². The molecule has 1 unspecified atom stereocenters. The van der Waals surface area contributed by atoms with E-state index in [1.807, 2.05) is 19.1 Å². The van der Waals surface area contributed by atoms with Crippen molar-refractivity contribution in [2.24, 2.45) is 4.99 Å². The molecule has 29 heavy (non-hydrogen) atoms. The molecule has 3 heterocycles. The van der Waals surface area contributed by atoms with Gasteiger partial charge in [0.1, 0.15) is 5.82 Å². The van der Waals surface area contributed by atoms with E-state index in [-0.39, 0.29) is 17.5 Å². The molecule has 2 aromatic heterocycles. The zero-order valence-electron chi connectivity index (χ0n) is 16.4. The lowest BCUT2D eigenvalue weighted by molar-refractivity contribution is 0.529. The molecule has 1 aromatic carbocycles. The maximum absolute atomic E-state index is 14.5. The molecule has 0 aliphatic carbocycles. The molecule has 0 saturated heterocycles. The third-order valence-electron chi connectivity index (χ3n) is 5.27. The van der Waals surface area contributed by atoms with Gasteiger partial charge in [0.2, 0.25) is 11.4 Å². The van der Waals surface area contributed by atoms with Crippen LogP contribution in [0, 0.1) is 18.6 Å². The third kappa shape index (κ3) is 3.64. The van der Waals surface area contributed by atoms with Crippen molar-refractivity contribution < 1.29 is 8.78 Å². The van der Waals surface area contributed by atoms with Gasteiger partial charge in [0.05, 0.1) is 23.1 Å². The van der Waals surface area contributed by atoms with Crippen molar-refractivity contribution >= 4 is 5.69 Å². The molecule has 3 aromatic rings. The molecule has 0 saturated carbocycles. The maximum Gasteiger partial charge on any atom is 0.288 e. The van der Waals surface area contributed by atoms with Crippen LogP contribution in [0.4, 0.5) is 14.5 Å². The van der Waals surface area contributed by atoms with Gasteiger partial charge in [-0.2, -0.15) is 4.39 Å². The number of pyridine rings is 1. The summed E-state index contributed by atoms with van der Waals surface area (Å²) in [6.45, 7) is 3.95. The van der Waals surface area contributed by atoms with Crippen LogP contribution in [0.2, 0.25) is 0 Å². The van der Waals surface area contributed by atoms with Crippen molar-refractivity contribution in [3.05, 3.63) is 86.6 Å². The fourth-order valence-corrected chi connectivity index (χ4v) is 3.87. The van der Waals surface area contributed by atoms with Crippen molar-refractivity contribution in [1.82, 2.24) is 14.5 Å². The van der Waals surface area contributed by atoms with Crippen LogP contribution >= 0.6 is 0 Å². The second-order valence-corrected chi connectivity index (χ2v) is 7.28. The van der Waals surface area contributed by atoms with Crippen LogP contribution in [0.25, 0.3) is 0 Å².